The van der Waals surface area contributed by atoms with E-state index in [0.29, 0.717) is 0 Å². The van der Waals surface area contributed by atoms with E-state index in [-0.39, 0.29) is 19.9 Å². The molecule has 200 valence electrons. The SMILES string of the molecule is CC(C)C(F)(OC(=O)C=CC(=O)O)C(F)(F)C(F)(F)C(F)(F)C(F)(F)C(F)(F)C(F)(F)C(F)F. The first-order valence-electron chi connectivity index (χ1n) is 8.08. The quantitative estimate of drug-likeness (QED) is 0.212. The summed E-state index contributed by atoms with van der Waals surface area (Å²) >= 11 is 0. The molecule has 19 heteroatoms. The predicted molar refractivity (Wildman–Crippen MR) is 77.2 cm³/mol. The summed E-state index contributed by atoms with van der Waals surface area (Å²) in [6.45, 7) is 0.155. The second-order valence-electron chi connectivity index (χ2n) is 6.69. The summed E-state index contributed by atoms with van der Waals surface area (Å²) in [6.07, 6.45) is -6.62. The molecule has 1 N–H and O–H groups in total. The molecular formula is C15H11F15O4. The van der Waals surface area contributed by atoms with Gasteiger partial charge in [-0.2, -0.15) is 57.1 Å². The molecule has 0 radical (unpaired) electrons. The van der Waals surface area contributed by atoms with Crippen LogP contribution in [0.25, 0.3) is 0 Å². The summed E-state index contributed by atoms with van der Waals surface area (Å²) in [7, 11) is 0. The van der Waals surface area contributed by atoms with Gasteiger partial charge in [-0.3, -0.25) is 0 Å². The summed E-state index contributed by atoms with van der Waals surface area (Å²) in [5.41, 5.74) is 0. The standard InChI is InChI=1S/C15H11F15O4/c1-5(2)10(20,34-7(33)4-3-6(31)32)12(23,24)14(27,28)15(29,30)13(25,26)11(21,22)9(18,19)8(16)17/h3-5,8H,1-2H3,(H,31,32). The fourth-order valence-corrected chi connectivity index (χ4v) is 2.02. The number of hydrogen-bond donors (Lipinski definition) is 1. The summed E-state index contributed by atoms with van der Waals surface area (Å²) in [6, 6.07) is 0. The van der Waals surface area contributed by atoms with Crippen LogP contribution in [0.2, 0.25) is 0 Å². The van der Waals surface area contributed by atoms with Gasteiger partial charge in [-0.1, -0.05) is 13.8 Å². The number of halogens is 15. The van der Waals surface area contributed by atoms with Crippen LogP contribution in [0.4, 0.5) is 65.9 Å². The summed E-state index contributed by atoms with van der Waals surface area (Å²) in [4.78, 5) is 21.4. The third-order valence-corrected chi connectivity index (χ3v) is 4.05. The maximum Gasteiger partial charge on any atom is 0.385 e. The smallest absolute Gasteiger partial charge is 0.385 e. The molecular weight excluding hydrogens is 529 g/mol. The van der Waals surface area contributed by atoms with Crippen molar-refractivity contribution in [2.24, 2.45) is 5.92 Å². The van der Waals surface area contributed by atoms with E-state index in [2.05, 4.69) is 4.74 Å². The van der Waals surface area contributed by atoms with Crippen LogP contribution in [0.1, 0.15) is 13.8 Å². The molecule has 0 fully saturated rings. The van der Waals surface area contributed by atoms with E-state index in [1.165, 1.54) is 0 Å². The third kappa shape index (κ3) is 4.48. The zero-order valence-corrected chi connectivity index (χ0v) is 16.2. The van der Waals surface area contributed by atoms with Crippen molar-refractivity contribution in [3.8, 4) is 0 Å². The number of hydrogen-bond acceptors (Lipinski definition) is 3. The van der Waals surface area contributed by atoms with E-state index in [1.54, 1.807) is 0 Å². The van der Waals surface area contributed by atoms with Crippen LogP contribution in [0.15, 0.2) is 12.2 Å². The van der Waals surface area contributed by atoms with Crippen LogP contribution in [-0.4, -0.2) is 64.9 Å². The first-order chi connectivity index (χ1) is 14.7. The van der Waals surface area contributed by atoms with Crippen molar-refractivity contribution in [1.29, 1.82) is 0 Å². The highest BCUT2D eigenvalue weighted by molar-refractivity contribution is 5.90. The topological polar surface area (TPSA) is 63.6 Å². The predicted octanol–water partition coefficient (Wildman–Crippen LogP) is 5.57. The van der Waals surface area contributed by atoms with E-state index >= 15 is 0 Å². The molecule has 0 amide bonds. The van der Waals surface area contributed by atoms with Gasteiger partial charge in [0.15, 0.2) is 0 Å². The highest BCUT2D eigenvalue weighted by Gasteiger charge is 2.93. The molecule has 0 spiro atoms. The second kappa shape index (κ2) is 9.01. The minimum Gasteiger partial charge on any atom is -0.478 e. The Morgan fingerprint density at radius 1 is 0.676 bits per heavy atom. The number of carboxylic acid groups (broad SMARTS) is 1. The van der Waals surface area contributed by atoms with E-state index < -0.39 is 71.7 Å². The molecule has 4 nitrogen and oxygen atoms in total. The Balaban J connectivity index is 6.82. The zero-order chi connectivity index (χ0) is 27.9. The second-order valence-corrected chi connectivity index (χ2v) is 6.69. The van der Waals surface area contributed by atoms with E-state index in [4.69, 9.17) is 5.11 Å². The summed E-state index contributed by atoms with van der Waals surface area (Å²) in [5, 5.41) is 8.21. The van der Waals surface area contributed by atoms with Gasteiger partial charge in [0.2, 0.25) is 0 Å². The molecule has 1 unspecified atom stereocenters. The first-order valence-corrected chi connectivity index (χ1v) is 8.08. The molecule has 0 aliphatic heterocycles. The molecule has 0 aromatic rings. The number of esters is 1. The minimum absolute atomic E-state index is 0.0774. The Hall–Kier alpha value is -2.37. The molecule has 0 bridgehead atoms. The number of carboxylic acids is 1. The fourth-order valence-electron chi connectivity index (χ4n) is 2.02. The minimum atomic E-state index is -8.40. The van der Waals surface area contributed by atoms with Crippen molar-refractivity contribution in [3.63, 3.8) is 0 Å². The van der Waals surface area contributed by atoms with Crippen LogP contribution in [-0.2, 0) is 14.3 Å². The largest absolute Gasteiger partial charge is 0.478 e. The Morgan fingerprint density at radius 2 is 1.03 bits per heavy atom. The van der Waals surface area contributed by atoms with Crippen LogP contribution in [0.3, 0.4) is 0 Å². The molecule has 0 aromatic carbocycles. The third-order valence-electron chi connectivity index (χ3n) is 4.05. The Morgan fingerprint density at radius 3 is 1.35 bits per heavy atom. The van der Waals surface area contributed by atoms with Gasteiger partial charge in [0.1, 0.15) is 0 Å². The van der Waals surface area contributed by atoms with Crippen molar-refractivity contribution in [3.05, 3.63) is 12.2 Å². The summed E-state index contributed by atoms with van der Waals surface area (Å²) < 4.78 is 204. The van der Waals surface area contributed by atoms with Gasteiger partial charge in [0.05, 0.1) is 0 Å². The van der Waals surface area contributed by atoms with E-state index in [1.807, 2.05) is 0 Å². The number of carbonyl (C=O) groups is 2. The maximum atomic E-state index is 14.7. The van der Waals surface area contributed by atoms with Crippen LogP contribution < -0.4 is 0 Å². The molecule has 1 atom stereocenters. The van der Waals surface area contributed by atoms with Crippen LogP contribution >= 0.6 is 0 Å². The molecule has 0 aliphatic carbocycles. The van der Waals surface area contributed by atoms with E-state index in [0.717, 1.165) is 0 Å². The van der Waals surface area contributed by atoms with Crippen LogP contribution in [0, 0.1) is 5.92 Å². The molecule has 0 saturated heterocycles. The Bertz CT molecular complexity index is 806. The molecule has 0 heterocycles. The van der Waals surface area contributed by atoms with Gasteiger partial charge in [-0.15, -0.1) is 0 Å². The molecule has 0 aromatic heterocycles. The lowest BCUT2D eigenvalue weighted by Gasteiger charge is -2.44. The average Bonchev–Trinajstić information content (AvgIpc) is 2.64. The molecule has 34 heavy (non-hydrogen) atoms. The number of ether oxygens (including phenoxy) is 1. The van der Waals surface area contributed by atoms with E-state index in [9.17, 15) is 75.4 Å². The maximum absolute atomic E-state index is 14.7. The van der Waals surface area contributed by atoms with Gasteiger partial charge >= 0.3 is 59.8 Å². The van der Waals surface area contributed by atoms with Crippen molar-refractivity contribution in [2.45, 2.75) is 61.7 Å². The van der Waals surface area contributed by atoms with Gasteiger partial charge in [0.25, 0.3) is 0 Å². The van der Waals surface area contributed by atoms with Crippen molar-refractivity contribution >= 4 is 11.9 Å². The number of rotatable bonds is 11. The van der Waals surface area contributed by atoms with Crippen molar-refractivity contribution < 1.29 is 85.3 Å². The zero-order valence-electron chi connectivity index (χ0n) is 16.2. The van der Waals surface area contributed by atoms with Crippen molar-refractivity contribution in [1.82, 2.24) is 0 Å². The number of aliphatic carboxylic acids is 1. The highest BCUT2D eigenvalue weighted by atomic mass is 19.4. The Labute approximate surface area is 178 Å². The van der Waals surface area contributed by atoms with Gasteiger partial charge in [-0.25, -0.2) is 18.4 Å². The number of carbonyl (C=O) groups excluding carboxylic acids is 1. The van der Waals surface area contributed by atoms with Gasteiger partial charge < -0.3 is 9.84 Å². The van der Waals surface area contributed by atoms with Crippen molar-refractivity contribution in [2.75, 3.05) is 0 Å². The summed E-state index contributed by atoms with van der Waals surface area (Å²) in [5.74, 6) is -61.4. The monoisotopic (exact) mass is 540 g/mol. The lowest BCUT2D eigenvalue weighted by molar-refractivity contribution is -0.454. The fraction of sp³-hybridized carbons (Fsp3) is 0.733. The van der Waals surface area contributed by atoms with Crippen LogP contribution in [0.5, 0.6) is 0 Å². The molecule has 0 rings (SSSR count). The van der Waals surface area contributed by atoms with Gasteiger partial charge in [-0.05, 0) is 0 Å². The molecule has 0 aliphatic rings. The Kier molecular flexibility index (Phi) is 8.38. The normalized spacial score (nSPS) is 16.8. The molecule has 0 saturated carbocycles. The number of alkyl halides is 15. The average molecular weight is 540 g/mol. The lowest BCUT2D eigenvalue weighted by Crippen LogP contribution is -2.75. The van der Waals surface area contributed by atoms with Gasteiger partial charge in [0, 0.05) is 18.1 Å². The highest BCUT2D eigenvalue weighted by Crippen LogP contribution is 2.63. The lowest BCUT2D eigenvalue weighted by atomic mass is 9.85. The first kappa shape index (κ1) is 31.6.